The zero-order valence-corrected chi connectivity index (χ0v) is 12.6. The molecule has 1 atom stereocenters. The molecule has 3 rings (SSSR count). The van der Waals surface area contributed by atoms with Gasteiger partial charge in [0.05, 0.1) is 30.1 Å². The molecule has 0 bridgehead atoms. The van der Waals surface area contributed by atoms with Crippen molar-refractivity contribution >= 4 is 11.9 Å². The second-order valence-corrected chi connectivity index (χ2v) is 5.16. The molecule has 0 aliphatic carbocycles. The van der Waals surface area contributed by atoms with Gasteiger partial charge in [-0.25, -0.2) is 19.4 Å². The van der Waals surface area contributed by atoms with Crippen LogP contribution in [0.4, 0.5) is 5.95 Å². The summed E-state index contributed by atoms with van der Waals surface area (Å²) in [6, 6.07) is 0.274. The van der Waals surface area contributed by atoms with Gasteiger partial charge in [-0.1, -0.05) is 5.21 Å². The van der Waals surface area contributed by atoms with E-state index in [2.05, 4.69) is 25.2 Å². The number of carbonyl (C=O) groups excluding carboxylic acids is 1. The highest BCUT2D eigenvalue weighted by molar-refractivity contribution is 5.90. The minimum absolute atomic E-state index is 0.274. The van der Waals surface area contributed by atoms with E-state index in [4.69, 9.17) is 4.74 Å². The van der Waals surface area contributed by atoms with Crippen LogP contribution in [0.5, 0.6) is 0 Å². The molecule has 22 heavy (non-hydrogen) atoms. The average Bonchev–Trinajstić information content (AvgIpc) is 3.18. The topological polar surface area (TPSA) is 86.0 Å². The minimum Gasteiger partial charge on any atom is -0.462 e. The second-order valence-electron chi connectivity index (χ2n) is 5.16. The van der Waals surface area contributed by atoms with Gasteiger partial charge in [0, 0.05) is 25.5 Å². The number of hydrogen-bond acceptors (Lipinski definition) is 7. The van der Waals surface area contributed by atoms with Gasteiger partial charge in [-0.3, -0.25) is 0 Å². The molecule has 3 heterocycles. The summed E-state index contributed by atoms with van der Waals surface area (Å²) in [5, 5.41) is 7.88. The molecule has 0 N–H and O–H groups in total. The van der Waals surface area contributed by atoms with E-state index in [9.17, 15) is 4.79 Å². The third-order valence-electron chi connectivity index (χ3n) is 3.72. The summed E-state index contributed by atoms with van der Waals surface area (Å²) < 4.78 is 6.85. The van der Waals surface area contributed by atoms with Crippen molar-refractivity contribution < 1.29 is 9.53 Å². The number of aromatic nitrogens is 5. The molecule has 1 saturated heterocycles. The first kappa shape index (κ1) is 14.4. The van der Waals surface area contributed by atoms with Gasteiger partial charge in [-0.2, -0.15) is 0 Å². The molecule has 8 nitrogen and oxygen atoms in total. The van der Waals surface area contributed by atoms with E-state index in [1.54, 1.807) is 26.2 Å². The van der Waals surface area contributed by atoms with Crippen molar-refractivity contribution in [3.63, 3.8) is 0 Å². The molecule has 0 radical (unpaired) electrons. The first-order valence-electron chi connectivity index (χ1n) is 7.30. The summed E-state index contributed by atoms with van der Waals surface area (Å²) in [5.41, 5.74) is 1.05. The smallest absolute Gasteiger partial charge is 0.341 e. The minimum atomic E-state index is -0.381. The lowest BCUT2D eigenvalue weighted by molar-refractivity contribution is 0.0524. The first-order chi connectivity index (χ1) is 10.7. The van der Waals surface area contributed by atoms with Crippen LogP contribution in [0, 0.1) is 6.92 Å². The third-order valence-corrected chi connectivity index (χ3v) is 3.72. The normalized spacial score (nSPS) is 17.7. The number of rotatable bonds is 4. The Morgan fingerprint density at radius 3 is 3.05 bits per heavy atom. The summed E-state index contributed by atoms with van der Waals surface area (Å²) in [5.74, 6) is 0.252. The SMILES string of the molecule is CCOC(=O)c1cnc(N2CCC(n3ccnn3)C2)nc1C. The van der Waals surface area contributed by atoms with E-state index < -0.39 is 0 Å². The summed E-state index contributed by atoms with van der Waals surface area (Å²) in [6.07, 6.45) is 6.05. The average molecular weight is 302 g/mol. The highest BCUT2D eigenvalue weighted by Crippen LogP contribution is 2.24. The van der Waals surface area contributed by atoms with Crippen molar-refractivity contribution in [2.45, 2.75) is 26.3 Å². The Labute approximate surface area is 128 Å². The van der Waals surface area contributed by atoms with Crippen LogP contribution in [0.3, 0.4) is 0 Å². The number of ether oxygens (including phenoxy) is 1. The lowest BCUT2D eigenvalue weighted by Crippen LogP contribution is -2.24. The van der Waals surface area contributed by atoms with Gasteiger partial charge in [0.1, 0.15) is 0 Å². The van der Waals surface area contributed by atoms with Gasteiger partial charge in [0.15, 0.2) is 0 Å². The van der Waals surface area contributed by atoms with Crippen LogP contribution < -0.4 is 4.90 Å². The quantitative estimate of drug-likeness (QED) is 0.779. The predicted octanol–water partition coefficient (Wildman–Crippen LogP) is 1.00. The Hall–Kier alpha value is -2.51. The van der Waals surface area contributed by atoms with Crippen molar-refractivity contribution in [3.05, 3.63) is 29.8 Å². The van der Waals surface area contributed by atoms with Gasteiger partial charge < -0.3 is 9.64 Å². The van der Waals surface area contributed by atoms with Crippen LogP contribution in [0.2, 0.25) is 0 Å². The van der Waals surface area contributed by atoms with Crippen molar-refractivity contribution in [2.24, 2.45) is 0 Å². The van der Waals surface area contributed by atoms with E-state index in [0.717, 1.165) is 19.5 Å². The zero-order valence-electron chi connectivity index (χ0n) is 12.6. The Morgan fingerprint density at radius 1 is 1.50 bits per heavy atom. The maximum absolute atomic E-state index is 11.8. The fourth-order valence-electron chi connectivity index (χ4n) is 2.57. The van der Waals surface area contributed by atoms with E-state index in [1.165, 1.54) is 0 Å². The standard InChI is InChI=1S/C14H18N6O2/c1-3-22-13(21)12-8-15-14(17-10(12)2)19-6-4-11(9-19)20-7-5-16-18-20/h5,7-8,11H,3-4,6,9H2,1-2H3. The molecule has 116 valence electrons. The van der Waals surface area contributed by atoms with Gasteiger partial charge in [-0.15, -0.1) is 5.10 Å². The number of aryl methyl sites for hydroxylation is 1. The van der Waals surface area contributed by atoms with E-state index in [-0.39, 0.29) is 12.0 Å². The molecule has 1 aliphatic rings. The molecular formula is C14H18N6O2. The summed E-state index contributed by atoms with van der Waals surface area (Å²) in [4.78, 5) is 22.6. The maximum Gasteiger partial charge on any atom is 0.341 e. The van der Waals surface area contributed by atoms with Gasteiger partial charge in [0.2, 0.25) is 5.95 Å². The lowest BCUT2D eigenvalue weighted by Gasteiger charge is -2.17. The highest BCUT2D eigenvalue weighted by Gasteiger charge is 2.26. The summed E-state index contributed by atoms with van der Waals surface area (Å²) >= 11 is 0. The first-order valence-corrected chi connectivity index (χ1v) is 7.30. The number of esters is 1. The molecule has 2 aromatic heterocycles. The van der Waals surface area contributed by atoms with Crippen LogP contribution in [0.25, 0.3) is 0 Å². The van der Waals surface area contributed by atoms with Crippen LogP contribution >= 0.6 is 0 Å². The van der Waals surface area contributed by atoms with Crippen molar-refractivity contribution in [1.29, 1.82) is 0 Å². The number of carbonyl (C=O) groups is 1. The predicted molar refractivity (Wildman–Crippen MR) is 78.6 cm³/mol. The van der Waals surface area contributed by atoms with Crippen LogP contribution in [-0.4, -0.2) is 50.6 Å². The monoisotopic (exact) mass is 302 g/mol. The molecular weight excluding hydrogens is 284 g/mol. The molecule has 1 fully saturated rings. The fourth-order valence-corrected chi connectivity index (χ4v) is 2.57. The van der Waals surface area contributed by atoms with E-state index in [1.807, 2.05) is 10.9 Å². The Bertz CT molecular complexity index is 657. The third kappa shape index (κ3) is 2.76. The largest absolute Gasteiger partial charge is 0.462 e. The molecule has 0 spiro atoms. The molecule has 0 aromatic carbocycles. The molecule has 1 aliphatic heterocycles. The van der Waals surface area contributed by atoms with Gasteiger partial charge >= 0.3 is 5.97 Å². The van der Waals surface area contributed by atoms with Crippen LogP contribution in [0.1, 0.15) is 35.4 Å². The van der Waals surface area contributed by atoms with Crippen molar-refractivity contribution in [1.82, 2.24) is 25.0 Å². The molecule has 2 aromatic rings. The molecule has 1 unspecified atom stereocenters. The fraction of sp³-hybridized carbons (Fsp3) is 0.500. The van der Waals surface area contributed by atoms with Gasteiger partial charge in [0.25, 0.3) is 0 Å². The second kappa shape index (κ2) is 6.08. The lowest BCUT2D eigenvalue weighted by atomic mass is 10.2. The van der Waals surface area contributed by atoms with Crippen LogP contribution in [-0.2, 0) is 4.74 Å². The van der Waals surface area contributed by atoms with E-state index >= 15 is 0 Å². The highest BCUT2D eigenvalue weighted by atomic mass is 16.5. The summed E-state index contributed by atoms with van der Waals surface area (Å²) in [6.45, 7) is 5.54. The number of anilines is 1. The summed E-state index contributed by atoms with van der Waals surface area (Å²) in [7, 11) is 0. The molecule has 0 saturated carbocycles. The number of hydrogen-bond donors (Lipinski definition) is 0. The maximum atomic E-state index is 11.8. The van der Waals surface area contributed by atoms with Gasteiger partial charge in [-0.05, 0) is 20.3 Å². The van der Waals surface area contributed by atoms with Crippen LogP contribution in [0.15, 0.2) is 18.6 Å². The Balaban J connectivity index is 1.73. The zero-order chi connectivity index (χ0) is 15.5. The van der Waals surface area contributed by atoms with Crippen molar-refractivity contribution in [2.75, 3.05) is 24.6 Å². The number of nitrogens with zero attached hydrogens (tertiary/aromatic N) is 6. The molecule has 0 amide bonds. The Morgan fingerprint density at radius 2 is 2.36 bits per heavy atom. The Kier molecular flexibility index (Phi) is 3.99. The molecule has 8 heteroatoms. The van der Waals surface area contributed by atoms with E-state index in [0.29, 0.717) is 23.8 Å². The van der Waals surface area contributed by atoms with Crippen molar-refractivity contribution in [3.8, 4) is 0 Å².